The molecule has 88 valence electrons. The zero-order valence-electron chi connectivity index (χ0n) is 9.56. The van der Waals surface area contributed by atoms with E-state index >= 15 is 0 Å². The average molecular weight is 223 g/mol. The molecule has 0 saturated heterocycles. The van der Waals surface area contributed by atoms with Crippen molar-refractivity contribution in [3.8, 4) is 17.2 Å². The van der Waals surface area contributed by atoms with Crippen molar-refractivity contribution in [2.75, 3.05) is 6.54 Å². The van der Waals surface area contributed by atoms with Crippen LogP contribution < -0.4 is 0 Å². The van der Waals surface area contributed by atoms with Gasteiger partial charge in [-0.3, -0.25) is 4.90 Å². The van der Waals surface area contributed by atoms with Crippen molar-refractivity contribution in [3.05, 3.63) is 17.2 Å². The maximum atomic E-state index is 9.79. The molecule has 1 heterocycles. The van der Waals surface area contributed by atoms with Crippen LogP contribution in [0.1, 0.15) is 25.0 Å². The van der Waals surface area contributed by atoms with Crippen LogP contribution >= 0.6 is 0 Å². The van der Waals surface area contributed by atoms with Crippen LogP contribution in [0.15, 0.2) is 6.07 Å². The highest BCUT2D eigenvalue weighted by Crippen LogP contribution is 2.41. The Labute approximate surface area is 94.8 Å². The Bertz CT molecular complexity index is 415. The topological polar surface area (TPSA) is 63.9 Å². The van der Waals surface area contributed by atoms with E-state index in [1.54, 1.807) is 6.07 Å². The van der Waals surface area contributed by atoms with Gasteiger partial charge in [0.2, 0.25) is 5.75 Å². The Balaban J connectivity index is 2.41. The van der Waals surface area contributed by atoms with Gasteiger partial charge >= 0.3 is 0 Å². The van der Waals surface area contributed by atoms with E-state index < -0.39 is 5.75 Å². The number of hydrogen-bond acceptors (Lipinski definition) is 4. The van der Waals surface area contributed by atoms with Crippen molar-refractivity contribution in [1.82, 2.24) is 4.90 Å². The lowest BCUT2D eigenvalue weighted by atomic mass is 9.97. The van der Waals surface area contributed by atoms with Crippen LogP contribution in [0.4, 0.5) is 0 Å². The van der Waals surface area contributed by atoms with E-state index in [1.807, 2.05) is 0 Å². The van der Waals surface area contributed by atoms with E-state index in [-0.39, 0.29) is 11.5 Å². The van der Waals surface area contributed by atoms with Gasteiger partial charge < -0.3 is 15.3 Å². The van der Waals surface area contributed by atoms with Crippen LogP contribution in [0.25, 0.3) is 0 Å². The second-order valence-corrected chi connectivity index (χ2v) is 4.54. The highest BCUT2D eigenvalue weighted by Gasteiger charge is 2.24. The van der Waals surface area contributed by atoms with Crippen LogP contribution in [0.2, 0.25) is 0 Å². The number of hydrogen-bond donors (Lipinski definition) is 3. The Hall–Kier alpha value is -1.42. The van der Waals surface area contributed by atoms with Crippen molar-refractivity contribution in [3.63, 3.8) is 0 Å². The molecule has 2 rings (SSSR count). The summed E-state index contributed by atoms with van der Waals surface area (Å²) in [6.45, 7) is 5.73. The standard InChI is InChI=1S/C12H17NO3/c1-7(2)13-4-3-8-5-10(14)12(16)11(15)9(8)6-13/h5,7,14-16H,3-4,6H2,1-2H3. The molecule has 1 aliphatic rings. The maximum Gasteiger partial charge on any atom is 0.200 e. The molecule has 4 nitrogen and oxygen atoms in total. The van der Waals surface area contributed by atoms with Gasteiger partial charge in [-0.05, 0) is 31.9 Å². The minimum Gasteiger partial charge on any atom is -0.504 e. The fourth-order valence-electron chi connectivity index (χ4n) is 2.12. The van der Waals surface area contributed by atoms with Gasteiger partial charge in [0.1, 0.15) is 0 Å². The molecule has 0 unspecified atom stereocenters. The van der Waals surface area contributed by atoms with Gasteiger partial charge in [0.25, 0.3) is 0 Å². The van der Waals surface area contributed by atoms with Gasteiger partial charge in [-0.2, -0.15) is 0 Å². The molecule has 3 N–H and O–H groups in total. The lowest BCUT2D eigenvalue weighted by Crippen LogP contribution is -2.35. The molecule has 0 atom stereocenters. The summed E-state index contributed by atoms with van der Waals surface area (Å²) in [4.78, 5) is 2.22. The fourth-order valence-corrected chi connectivity index (χ4v) is 2.12. The summed E-state index contributed by atoms with van der Waals surface area (Å²) in [5.41, 5.74) is 1.65. The number of aromatic hydroxyl groups is 3. The summed E-state index contributed by atoms with van der Waals surface area (Å²) in [5, 5.41) is 28.7. The van der Waals surface area contributed by atoms with E-state index in [0.717, 1.165) is 24.1 Å². The summed E-state index contributed by atoms with van der Waals surface area (Å²) in [6, 6.07) is 1.95. The third-order valence-corrected chi connectivity index (χ3v) is 3.21. The first-order valence-electron chi connectivity index (χ1n) is 5.50. The van der Waals surface area contributed by atoms with Gasteiger partial charge in [-0.15, -0.1) is 0 Å². The number of phenolic OH excluding ortho intramolecular Hbond substituents is 3. The number of benzene rings is 1. The number of phenols is 3. The number of nitrogens with zero attached hydrogens (tertiary/aromatic N) is 1. The normalized spacial score (nSPS) is 16.4. The molecular weight excluding hydrogens is 206 g/mol. The molecule has 0 spiro atoms. The predicted octanol–water partition coefficient (Wildman–Crippen LogP) is 1.57. The SMILES string of the molecule is CC(C)N1CCc2cc(O)c(O)c(O)c2C1. The van der Waals surface area contributed by atoms with Gasteiger partial charge in [-0.25, -0.2) is 0 Å². The first-order chi connectivity index (χ1) is 7.50. The van der Waals surface area contributed by atoms with E-state index in [2.05, 4.69) is 18.7 Å². The average Bonchev–Trinajstić information content (AvgIpc) is 2.25. The highest BCUT2D eigenvalue weighted by molar-refractivity contribution is 5.57. The molecule has 0 radical (unpaired) electrons. The smallest absolute Gasteiger partial charge is 0.200 e. The third kappa shape index (κ3) is 1.69. The minimum absolute atomic E-state index is 0.180. The Morgan fingerprint density at radius 2 is 1.88 bits per heavy atom. The van der Waals surface area contributed by atoms with Crippen LogP contribution in [0.5, 0.6) is 17.2 Å². The van der Waals surface area contributed by atoms with Crippen molar-refractivity contribution in [1.29, 1.82) is 0 Å². The van der Waals surface area contributed by atoms with Crippen LogP contribution in [-0.4, -0.2) is 32.8 Å². The number of fused-ring (bicyclic) bond motifs is 1. The molecule has 16 heavy (non-hydrogen) atoms. The molecule has 0 fully saturated rings. The van der Waals surface area contributed by atoms with E-state index in [0.29, 0.717) is 12.6 Å². The summed E-state index contributed by atoms with van der Waals surface area (Å²) < 4.78 is 0. The molecule has 0 aromatic heterocycles. The van der Waals surface area contributed by atoms with Crippen LogP contribution in [0, 0.1) is 0 Å². The van der Waals surface area contributed by atoms with Gasteiger partial charge in [0, 0.05) is 24.7 Å². The maximum absolute atomic E-state index is 9.79. The Morgan fingerprint density at radius 1 is 1.19 bits per heavy atom. The first-order valence-corrected chi connectivity index (χ1v) is 5.50. The van der Waals surface area contributed by atoms with Gasteiger partial charge in [0.15, 0.2) is 11.5 Å². The van der Waals surface area contributed by atoms with E-state index in [9.17, 15) is 15.3 Å². The zero-order chi connectivity index (χ0) is 11.9. The fraction of sp³-hybridized carbons (Fsp3) is 0.500. The zero-order valence-corrected chi connectivity index (χ0v) is 9.56. The van der Waals surface area contributed by atoms with E-state index in [4.69, 9.17) is 0 Å². The molecule has 0 bridgehead atoms. The quantitative estimate of drug-likeness (QED) is 0.632. The Kier molecular flexibility index (Phi) is 2.68. The van der Waals surface area contributed by atoms with Gasteiger partial charge in [-0.1, -0.05) is 0 Å². The summed E-state index contributed by atoms with van der Waals surface area (Å²) in [6.07, 6.45) is 0.787. The molecular formula is C12H17NO3. The predicted molar refractivity (Wildman–Crippen MR) is 60.7 cm³/mol. The number of rotatable bonds is 1. The lowest BCUT2D eigenvalue weighted by Gasteiger charge is -2.32. The van der Waals surface area contributed by atoms with Crippen molar-refractivity contribution < 1.29 is 15.3 Å². The molecule has 1 aliphatic heterocycles. The Morgan fingerprint density at radius 3 is 2.50 bits per heavy atom. The molecule has 0 saturated carbocycles. The van der Waals surface area contributed by atoms with Crippen molar-refractivity contribution >= 4 is 0 Å². The molecule has 1 aromatic carbocycles. The minimum atomic E-state index is -0.413. The first kappa shape index (κ1) is 11.1. The van der Waals surface area contributed by atoms with Crippen LogP contribution in [-0.2, 0) is 13.0 Å². The lowest BCUT2D eigenvalue weighted by molar-refractivity contribution is 0.199. The second-order valence-electron chi connectivity index (χ2n) is 4.54. The van der Waals surface area contributed by atoms with Crippen molar-refractivity contribution in [2.24, 2.45) is 0 Å². The van der Waals surface area contributed by atoms with Gasteiger partial charge in [0.05, 0.1) is 0 Å². The summed E-state index contributed by atoms with van der Waals surface area (Å²) in [5.74, 6) is -0.834. The summed E-state index contributed by atoms with van der Waals surface area (Å²) >= 11 is 0. The molecule has 0 aliphatic carbocycles. The molecule has 0 amide bonds. The largest absolute Gasteiger partial charge is 0.504 e. The highest BCUT2D eigenvalue weighted by atomic mass is 16.3. The van der Waals surface area contributed by atoms with Crippen LogP contribution in [0.3, 0.4) is 0 Å². The third-order valence-electron chi connectivity index (χ3n) is 3.21. The molecule has 4 heteroatoms. The summed E-state index contributed by atoms with van der Waals surface area (Å²) in [7, 11) is 0. The van der Waals surface area contributed by atoms with E-state index in [1.165, 1.54) is 0 Å². The second kappa shape index (κ2) is 3.87. The molecule has 1 aromatic rings. The van der Waals surface area contributed by atoms with Crippen molar-refractivity contribution in [2.45, 2.75) is 32.9 Å². The monoisotopic (exact) mass is 223 g/mol.